The van der Waals surface area contributed by atoms with Crippen LogP contribution in [0.4, 0.5) is 18.9 Å². The van der Waals surface area contributed by atoms with Crippen LogP contribution >= 0.6 is 0 Å². The number of dihydropyridines is 1. The van der Waals surface area contributed by atoms with Crippen molar-refractivity contribution in [2.45, 2.75) is 52.3 Å². The van der Waals surface area contributed by atoms with Crippen LogP contribution in [-0.4, -0.2) is 6.54 Å². The van der Waals surface area contributed by atoms with Crippen LogP contribution in [0.15, 0.2) is 90.3 Å². The van der Waals surface area contributed by atoms with Gasteiger partial charge in [0.1, 0.15) is 0 Å². The monoisotopic (exact) mass is 481 g/mol. The highest BCUT2D eigenvalue weighted by molar-refractivity contribution is 5.80. The molecule has 0 fully saturated rings. The maximum atomic E-state index is 13.6. The van der Waals surface area contributed by atoms with Crippen molar-refractivity contribution in [1.29, 1.82) is 0 Å². The Labute approximate surface area is 206 Å². The predicted molar refractivity (Wildman–Crippen MR) is 140 cm³/mol. The molecule has 2 aliphatic rings. The largest absolute Gasteiger partial charge is 0.416 e. The molecule has 2 aromatic rings. The molecule has 0 spiro atoms. The van der Waals surface area contributed by atoms with Gasteiger partial charge >= 0.3 is 6.18 Å². The van der Waals surface area contributed by atoms with Crippen LogP contribution in [0.2, 0.25) is 0 Å². The van der Waals surface area contributed by atoms with Crippen molar-refractivity contribution in [1.82, 2.24) is 10.6 Å². The van der Waals surface area contributed by atoms with Crippen molar-refractivity contribution in [3.8, 4) is 0 Å². The molecule has 2 heterocycles. The molecule has 0 aromatic heterocycles. The highest BCUT2D eigenvalue weighted by atomic mass is 19.4. The summed E-state index contributed by atoms with van der Waals surface area (Å²) in [7, 11) is 0. The van der Waals surface area contributed by atoms with Crippen molar-refractivity contribution in [2.75, 3.05) is 11.9 Å². The van der Waals surface area contributed by atoms with Gasteiger partial charge in [-0.3, -0.25) is 0 Å². The molecular formula is C29H34F3N3. The Hall–Kier alpha value is -3.41. The summed E-state index contributed by atoms with van der Waals surface area (Å²) < 4.78 is 40.8. The molecule has 3 N–H and O–H groups in total. The summed E-state index contributed by atoms with van der Waals surface area (Å²) in [4.78, 5) is 0. The smallest absolute Gasteiger partial charge is 0.380 e. The maximum Gasteiger partial charge on any atom is 0.416 e. The number of anilines is 1. The van der Waals surface area contributed by atoms with Crippen LogP contribution in [0, 0.1) is 0 Å². The van der Waals surface area contributed by atoms with Gasteiger partial charge in [0, 0.05) is 23.5 Å². The Morgan fingerprint density at radius 3 is 2.40 bits per heavy atom. The third-order valence-electron chi connectivity index (χ3n) is 5.92. The average molecular weight is 482 g/mol. The number of benzene rings is 2. The van der Waals surface area contributed by atoms with E-state index in [9.17, 15) is 13.2 Å². The second-order valence-electron chi connectivity index (χ2n) is 8.63. The number of unbranched alkanes of at least 4 members (excludes halogenated alkanes) is 2. The standard InChI is InChI=1S/C24H22F3N3.C5H12/c1-15-8-7-13-28-23(15)16(2)29-22-14-21(30-20-12-6-4-10-18(20)22)17-9-3-5-11-19(17)24(25,26)27;1-3-5-4-2/h3-12,14,21,28-30H,2,13H2,1H3;3-5H2,1-2H3. The number of nitrogens with one attached hydrogen (secondary N) is 3. The molecule has 0 bridgehead atoms. The Kier molecular flexibility index (Phi) is 8.85. The van der Waals surface area contributed by atoms with Crippen LogP contribution in [0.5, 0.6) is 0 Å². The van der Waals surface area contributed by atoms with Crippen molar-refractivity contribution < 1.29 is 13.2 Å². The minimum atomic E-state index is -4.43. The lowest BCUT2D eigenvalue weighted by atomic mass is 9.93. The molecule has 0 saturated carbocycles. The lowest BCUT2D eigenvalue weighted by molar-refractivity contribution is -0.138. The fourth-order valence-electron chi connectivity index (χ4n) is 4.16. The van der Waals surface area contributed by atoms with Gasteiger partial charge in [-0.05, 0) is 36.3 Å². The van der Waals surface area contributed by atoms with Crippen molar-refractivity contribution in [3.63, 3.8) is 0 Å². The van der Waals surface area contributed by atoms with Crippen LogP contribution in [0.1, 0.15) is 62.8 Å². The topological polar surface area (TPSA) is 36.1 Å². The lowest BCUT2D eigenvalue weighted by Crippen LogP contribution is -2.27. The number of allylic oxidation sites excluding steroid dienone is 2. The summed E-state index contributed by atoms with van der Waals surface area (Å²) in [5, 5.41) is 9.85. The molecule has 6 heteroatoms. The first-order valence-electron chi connectivity index (χ1n) is 12.1. The van der Waals surface area contributed by atoms with E-state index in [-0.39, 0.29) is 5.56 Å². The van der Waals surface area contributed by atoms with E-state index in [1.807, 2.05) is 43.3 Å². The van der Waals surface area contributed by atoms with Gasteiger partial charge < -0.3 is 16.0 Å². The first-order chi connectivity index (χ1) is 16.8. The van der Waals surface area contributed by atoms with Gasteiger partial charge in [0.05, 0.1) is 23.0 Å². The van der Waals surface area contributed by atoms with Crippen molar-refractivity contribution >= 4 is 11.4 Å². The summed E-state index contributed by atoms with van der Waals surface area (Å²) in [5.74, 6) is 0. The molecule has 0 radical (unpaired) electrons. The maximum absolute atomic E-state index is 13.6. The van der Waals surface area contributed by atoms with Gasteiger partial charge in [-0.15, -0.1) is 0 Å². The van der Waals surface area contributed by atoms with Gasteiger partial charge in [0.15, 0.2) is 0 Å². The SMILES string of the molecule is C=C(NC1=CC(c2ccccc2C(F)(F)F)Nc2ccccc21)C1=C(C)C=CCN1.CCCCC. The van der Waals surface area contributed by atoms with Crippen LogP contribution < -0.4 is 16.0 Å². The number of para-hydroxylation sites is 1. The van der Waals surface area contributed by atoms with Crippen molar-refractivity contribution in [2.24, 2.45) is 0 Å². The fourth-order valence-corrected chi connectivity index (χ4v) is 4.16. The van der Waals surface area contributed by atoms with Gasteiger partial charge in [-0.1, -0.05) is 88.2 Å². The zero-order valence-corrected chi connectivity index (χ0v) is 20.6. The molecule has 0 saturated heterocycles. The first-order valence-corrected chi connectivity index (χ1v) is 12.1. The number of alkyl halides is 3. The van der Waals surface area contributed by atoms with E-state index in [1.165, 1.54) is 31.4 Å². The van der Waals surface area contributed by atoms with Crippen LogP contribution in [-0.2, 0) is 6.18 Å². The summed E-state index contributed by atoms with van der Waals surface area (Å²) in [5.41, 5.74) is 4.49. The first kappa shape index (κ1) is 26.2. The zero-order chi connectivity index (χ0) is 25.4. The molecule has 2 aliphatic heterocycles. The van der Waals surface area contributed by atoms with Gasteiger partial charge in [0.2, 0.25) is 0 Å². The zero-order valence-electron chi connectivity index (χ0n) is 20.6. The molecule has 2 aromatic carbocycles. The van der Waals surface area contributed by atoms with E-state index in [0.29, 0.717) is 17.9 Å². The van der Waals surface area contributed by atoms with Crippen LogP contribution in [0.3, 0.4) is 0 Å². The summed E-state index contributed by atoms with van der Waals surface area (Å²) in [6, 6.07) is 12.6. The van der Waals surface area contributed by atoms with Crippen molar-refractivity contribution in [3.05, 3.63) is 107 Å². The minimum absolute atomic E-state index is 0.179. The second kappa shape index (κ2) is 11.8. The minimum Gasteiger partial charge on any atom is -0.380 e. The fraction of sp³-hybridized carbons (Fsp3) is 0.310. The second-order valence-corrected chi connectivity index (χ2v) is 8.63. The quantitative estimate of drug-likeness (QED) is 0.392. The molecule has 1 unspecified atom stereocenters. The number of halogens is 3. The summed E-state index contributed by atoms with van der Waals surface area (Å²) >= 11 is 0. The molecular weight excluding hydrogens is 447 g/mol. The van der Waals surface area contributed by atoms with Gasteiger partial charge in [-0.25, -0.2) is 0 Å². The molecule has 0 aliphatic carbocycles. The van der Waals surface area contributed by atoms with E-state index >= 15 is 0 Å². The van der Waals surface area contributed by atoms with E-state index < -0.39 is 17.8 Å². The van der Waals surface area contributed by atoms with Crippen LogP contribution in [0.25, 0.3) is 5.70 Å². The number of hydrogen-bond donors (Lipinski definition) is 3. The molecule has 4 rings (SSSR count). The van der Waals surface area contributed by atoms with Gasteiger partial charge in [0.25, 0.3) is 0 Å². The van der Waals surface area contributed by atoms with E-state index in [2.05, 4.69) is 36.4 Å². The average Bonchev–Trinajstić information content (AvgIpc) is 2.84. The van der Waals surface area contributed by atoms with E-state index in [4.69, 9.17) is 0 Å². The molecule has 3 nitrogen and oxygen atoms in total. The number of fused-ring (bicyclic) bond motifs is 1. The molecule has 35 heavy (non-hydrogen) atoms. The Bertz CT molecular complexity index is 1120. The normalized spacial score (nSPS) is 16.7. The Morgan fingerprint density at radius 1 is 1.06 bits per heavy atom. The lowest BCUT2D eigenvalue weighted by Gasteiger charge is -2.30. The summed E-state index contributed by atoms with van der Waals surface area (Å²) in [6.07, 6.45) is 5.47. The molecule has 0 amide bonds. The highest BCUT2D eigenvalue weighted by Crippen LogP contribution is 2.40. The third kappa shape index (κ3) is 6.59. The number of rotatable bonds is 6. The number of hydrogen-bond acceptors (Lipinski definition) is 3. The van der Waals surface area contributed by atoms with E-state index in [1.54, 1.807) is 12.1 Å². The van der Waals surface area contributed by atoms with E-state index in [0.717, 1.165) is 28.6 Å². The molecule has 186 valence electrons. The predicted octanol–water partition coefficient (Wildman–Crippen LogP) is 7.95. The molecule has 1 atom stereocenters. The highest BCUT2D eigenvalue weighted by Gasteiger charge is 2.35. The Morgan fingerprint density at radius 2 is 1.74 bits per heavy atom. The summed E-state index contributed by atoms with van der Waals surface area (Å²) in [6.45, 7) is 11.3. The Balaban J connectivity index is 0.000000623. The van der Waals surface area contributed by atoms with Gasteiger partial charge in [-0.2, -0.15) is 13.2 Å². The third-order valence-corrected chi connectivity index (χ3v) is 5.92.